The minimum Gasteiger partial charge on any atom is -0.336 e. The zero-order valence-electron chi connectivity index (χ0n) is 11.8. The van der Waals surface area contributed by atoms with Gasteiger partial charge in [0.2, 0.25) is 0 Å². The Morgan fingerprint density at radius 2 is 2.43 bits per heavy atom. The van der Waals surface area contributed by atoms with E-state index in [1.54, 1.807) is 11.3 Å². The van der Waals surface area contributed by atoms with Gasteiger partial charge in [-0.15, -0.1) is 23.7 Å². The van der Waals surface area contributed by atoms with Crippen molar-refractivity contribution >= 4 is 29.7 Å². The van der Waals surface area contributed by atoms with Crippen LogP contribution in [-0.4, -0.2) is 47.2 Å². The van der Waals surface area contributed by atoms with Crippen LogP contribution in [0.15, 0.2) is 23.6 Å². The molecule has 7 heteroatoms. The summed E-state index contributed by atoms with van der Waals surface area (Å²) in [6, 6.07) is 6.25. The molecule has 1 saturated heterocycles. The highest BCUT2D eigenvalue weighted by Crippen LogP contribution is 2.23. The molecule has 0 spiro atoms. The molecule has 1 aliphatic heterocycles. The van der Waals surface area contributed by atoms with Gasteiger partial charge in [-0.2, -0.15) is 5.10 Å². The molecule has 1 aliphatic rings. The molecule has 1 unspecified atom stereocenters. The number of thiophene rings is 1. The second-order valence-corrected chi connectivity index (χ2v) is 5.97. The molecule has 5 nitrogen and oxygen atoms in total. The molecule has 0 saturated carbocycles. The summed E-state index contributed by atoms with van der Waals surface area (Å²) in [6.07, 6.45) is 2.17. The first-order valence-corrected chi connectivity index (χ1v) is 7.71. The van der Waals surface area contributed by atoms with Crippen molar-refractivity contribution in [1.82, 2.24) is 20.4 Å². The van der Waals surface area contributed by atoms with E-state index < -0.39 is 0 Å². The van der Waals surface area contributed by atoms with Crippen LogP contribution in [0.4, 0.5) is 0 Å². The van der Waals surface area contributed by atoms with Crippen LogP contribution in [0.1, 0.15) is 23.3 Å². The monoisotopic (exact) mass is 326 g/mol. The quantitative estimate of drug-likeness (QED) is 0.910. The lowest BCUT2D eigenvalue weighted by molar-refractivity contribution is 0.0692. The predicted octanol–water partition coefficient (Wildman–Crippen LogP) is 2.38. The van der Waals surface area contributed by atoms with Crippen LogP contribution in [0.5, 0.6) is 0 Å². The second kappa shape index (κ2) is 7.06. The van der Waals surface area contributed by atoms with Crippen molar-refractivity contribution in [2.75, 3.05) is 20.1 Å². The van der Waals surface area contributed by atoms with Gasteiger partial charge in [-0.1, -0.05) is 6.07 Å². The molecule has 0 bridgehead atoms. The largest absolute Gasteiger partial charge is 0.336 e. The Labute approximate surface area is 134 Å². The van der Waals surface area contributed by atoms with Crippen LogP contribution >= 0.6 is 23.7 Å². The van der Waals surface area contributed by atoms with Crippen LogP contribution in [0.25, 0.3) is 10.6 Å². The average Bonchev–Trinajstić information content (AvgIpc) is 3.17. The third kappa shape index (κ3) is 3.45. The van der Waals surface area contributed by atoms with E-state index >= 15 is 0 Å². The van der Waals surface area contributed by atoms with Gasteiger partial charge < -0.3 is 10.2 Å². The van der Waals surface area contributed by atoms with Crippen LogP contribution in [0.3, 0.4) is 0 Å². The Morgan fingerprint density at radius 3 is 3.14 bits per heavy atom. The van der Waals surface area contributed by atoms with Gasteiger partial charge in [0.05, 0.1) is 10.6 Å². The van der Waals surface area contributed by atoms with E-state index in [2.05, 4.69) is 15.5 Å². The SMILES string of the molecule is CNC1CCCN(C(=O)c2cc(-c3cccs3)[nH]n2)C1.Cl. The molecule has 2 N–H and O–H groups in total. The number of amides is 1. The molecule has 3 heterocycles. The molecule has 0 radical (unpaired) electrons. The summed E-state index contributed by atoms with van der Waals surface area (Å²) in [5.74, 6) is 0.0176. The lowest BCUT2D eigenvalue weighted by Gasteiger charge is -2.32. The number of aromatic amines is 1. The summed E-state index contributed by atoms with van der Waals surface area (Å²) in [6.45, 7) is 1.58. The summed E-state index contributed by atoms with van der Waals surface area (Å²) in [4.78, 5) is 15.5. The number of aromatic nitrogens is 2. The number of H-pyrrole nitrogens is 1. The maximum atomic E-state index is 12.5. The minimum atomic E-state index is 0. The Bertz CT molecular complexity index is 584. The van der Waals surface area contributed by atoms with Crippen LogP contribution < -0.4 is 5.32 Å². The van der Waals surface area contributed by atoms with Crippen molar-refractivity contribution in [3.05, 3.63) is 29.3 Å². The van der Waals surface area contributed by atoms with Crippen LogP contribution in [0, 0.1) is 0 Å². The van der Waals surface area contributed by atoms with Crippen LogP contribution in [-0.2, 0) is 0 Å². The zero-order chi connectivity index (χ0) is 13.9. The third-order valence-corrected chi connectivity index (χ3v) is 4.60. The van der Waals surface area contributed by atoms with Crippen molar-refractivity contribution < 1.29 is 4.79 Å². The van der Waals surface area contributed by atoms with E-state index in [4.69, 9.17) is 0 Å². The first-order valence-electron chi connectivity index (χ1n) is 6.84. The Morgan fingerprint density at radius 1 is 1.57 bits per heavy atom. The first kappa shape index (κ1) is 16.0. The first-order chi connectivity index (χ1) is 9.78. The molecule has 1 amide bonds. The maximum Gasteiger partial charge on any atom is 0.274 e. The summed E-state index contributed by atoms with van der Waals surface area (Å²) < 4.78 is 0. The number of rotatable bonds is 3. The van der Waals surface area contributed by atoms with Crippen molar-refractivity contribution in [2.45, 2.75) is 18.9 Å². The van der Waals surface area contributed by atoms with Crippen molar-refractivity contribution in [3.63, 3.8) is 0 Å². The van der Waals surface area contributed by atoms with E-state index in [0.717, 1.165) is 36.5 Å². The molecule has 3 rings (SSSR count). The molecule has 2 aromatic heterocycles. The molecule has 21 heavy (non-hydrogen) atoms. The number of nitrogens with one attached hydrogen (secondary N) is 2. The van der Waals surface area contributed by atoms with E-state index in [1.165, 1.54) is 0 Å². The molecule has 0 aliphatic carbocycles. The van der Waals surface area contributed by atoms with Gasteiger partial charge in [0.15, 0.2) is 5.69 Å². The van der Waals surface area contributed by atoms with Crippen molar-refractivity contribution in [3.8, 4) is 10.6 Å². The number of carbonyl (C=O) groups is 1. The van der Waals surface area contributed by atoms with Crippen LogP contribution in [0.2, 0.25) is 0 Å². The second-order valence-electron chi connectivity index (χ2n) is 5.02. The molecule has 114 valence electrons. The Kier molecular flexibility index (Phi) is 5.39. The van der Waals surface area contributed by atoms with Gasteiger partial charge >= 0.3 is 0 Å². The van der Waals surface area contributed by atoms with Gasteiger partial charge in [0.1, 0.15) is 0 Å². The minimum absolute atomic E-state index is 0. The lowest BCUT2D eigenvalue weighted by Crippen LogP contribution is -2.47. The highest BCUT2D eigenvalue weighted by atomic mass is 35.5. The van der Waals surface area contributed by atoms with Crippen molar-refractivity contribution in [2.24, 2.45) is 0 Å². The van der Waals surface area contributed by atoms with Gasteiger partial charge in [0, 0.05) is 19.1 Å². The van der Waals surface area contributed by atoms with E-state index in [0.29, 0.717) is 11.7 Å². The number of piperidine rings is 1. The number of nitrogens with zero attached hydrogens (tertiary/aromatic N) is 2. The van der Waals surface area contributed by atoms with Gasteiger partial charge in [0.25, 0.3) is 5.91 Å². The van der Waals surface area contributed by atoms with Gasteiger partial charge in [-0.25, -0.2) is 0 Å². The van der Waals surface area contributed by atoms with E-state index in [1.807, 2.05) is 35.5 Å². The van der Waals surface area contributed by atoms with Crippen molar-refractivity contribution in [1.29, 1.82) is 0 Å². The summed E-state index contributed by atoms with van der Waals surface area (Å²) in [5, 5.41) is 12.4. The summed E-state index contributed by atoms with van der Waals surface area (Å²) >= 11 is 1.63. The summed E-state index contributed by atoms with van der Waals surface area (Å²) in [5.41, 5.74) is 1.41. The van der Waals surface area contributed by atoms with E-state index in [-0.39, 0.29) is 18.3 Å². The lowest BCUT2D eigenvalue weighted by atomic mass is 10.1. The number of hydrogen-bond acceptors (Lipinski definition) is 4. The smallest absolute Gasteiger partial charge is 0.274 e. The maximum absolute atomic E-state index is 12.5. The number of likely N-dealkylation sites (tertiary alicyclic amines) is 1. The predicted molar refractivity (Wildman–Crippen MR) is 87.1 cm³/mol. The standard InChI is InChI=1S/C14H18N4OS.ClH/c1-15-10-4-2-6-18(9-10)14(19)12-8-11(16-17-12)13-5-3-7-20-13;/h3,5,7-8,10,15H,2,4,6,9H2,1H3,(H,16,17);1H. The van der Waals surface area contributed by atoms with Gasteiger partial charge in [-0.3, -0.25) is 9.89 Å². The molecule has 1 atom stereocenters. The molecule has 1 fully saturated rings. The third-order valence-electron chi connectivity index (χ3n) is 3.70. The number of hydrogen-bond donors (Lipinski definition) is 2. The topological polar surface area (TPSA) is 61.0 Å². The number of likely N-dealkylation sites (N-methyl/N-ethyl adjacent to an activating group) is 1. The fraction of sp³-hybridized carbons (Fsp3) is 0.429. The Balaban J connectivity index is 0.00000161. The normalized spacial score (nSPS) is 18.3. The fourth-order valence-electron chi connectivity index (χ4n) is 2.55. The molecular weight excluding hydrogens is 308 g/mol. The number of carbonyl (C=O) groups excluding carboxylic acids is 1. The number of halogens is 1. The highest BCUT2D eigenvalue weighted by molar-refractivity contribution is 7.13. The van der Waals surface area contributed by atoms with E-state index in [9.17, 15) is 4.79 Å². The summed E-state index contributed by atoms with van der Waals surface area (Å²) in [7, 11) is 1.95. The fourth-order valence-corrected chi connectivity index (χ4v) is 3.24. The Hall–Kier alpha value is -1.37. The molecule has 2 aromatic rings. The highest BCUT2D eigenvalue weighted by Gasteiger charge is 2.25. The molecular formula is C14H19ClN4OS. The molecule has 0 aromatic carbocycles. The zero-order valence-corrected chi connectivity index (χ0v) is 13.5. The van der Waals surface area contributed by atoms with Gasteiger partial charge in [-0.05, 0) is 37.4 Å². The average molecular weight is 327 g/mol.